The second kappa shape index (κ2) is 9.08. The Kier molecular flexibility index (Phi) is 6.82. The first-order valence-electron chi connectivity index (χ1n) is 8.25. The molecular weight excluding hydrogens is 300 g/mol. The largest absolute Gasteiger partial charge is 0.492 e. The molecule has 1 atom stereocenters. The average Bonchev–Trinajstić information content (AvgIpc) is 2.62. The lowest BCUT2D eigenvalue weighted by Gasteiger charge is -2.28. The van der Waals surface area contributed by atoms with E-state index in [-0.39, 0.29) is 11.9 Å². The molecule has 4 nitrogen and oxygen atoms in total. The van der Waals surface area contributed by atoms with E-state index in [2.05, 4.69) is 0 Å². The van der Waals surface area contributed by atoms with Crippen molar-refractivity contribution >= 4 is 5.91 Å². The van der Waals surface area contributed by atoms with Gasteiger partial charge in [0.1, 0.15) is 12.4 Å². The molecule has 0 aliphatic rings. The van der Waals surface area contributed by atoms with E-state index in [1.54, 1.807) is 4.90 Å². The molecule has 0 aliphatic heterocycles. The minimum Gasteiger partial charge on any atom is -0.492 e. The summed E-state index contributed by atoms with van der Waals surface area (Å²) < 4.78 is 5.70. The van der Waals surface area contributed by atoms with Crippen LogP contribution in [0.5, 0.6) is 5.75 Å². The zero-order chi connectivity index (χ0) is 17.4. The van der Waals surface area contributed by atoms with Gasteiger partial charge in [0.2, 0.25) is 5.91 Å². The van der Waals surface area contributed by atoms with Crippen molar-refractivity contribution in [2.45, 2.75) is 19.5 Å². The number of hydrogen-bond acceptors (Lipinski definition) is 3. The van der Waals surface area contributed by atoms with E-state index in [0.29, 0.717) is 19.7 Å². The maximum atomic E-state index is 12.6. The van der Waals surface area contributed by atoms with E-state index in [1.165, 1.54) is 0 Å². The number of hydrogen-bond donors (Lipinski definition) is 0. The molecule has 0 aromatic heterocycles. The second-order valence-corrected chi connectivity index (χ2v) is 6.00. The topological polar surface area (TPSA) is 32.8 Å². The van der Waals surface area contributed by atoms with Crippen LogP contribution in [0, 0.1) is 0 Å². The molecule has 2 aromatic rings. The molecule has 0 fully saturated rings. The molecule has 2 rings (SSSR count). The third-order valence-electron chi connectivity index (χ3n) is 4.11. The van der Waals surface area contributed by atoms with Gasteiger partial charge in [-0.1, -0.05) is 48.5 Å². The predicted molar refractivity (Wildman–Crippen MR) is 96.9 cm³/mol. The van der Waals surface area contributed by atoms with Crippen molar-refractivity contribution in [1.82, 2.24) is 9.80 Å². The standard InChI is InChI=1S/C20H26N2O2/c1-17(20(23)22(3)16-18-10-6-4-7-11-18)21(2)14-15-24-19-12-8-5-9-13-19/h4-13,17H,14-16H2,1-3H3. The second-order valence-electron chi connectivity index (χ2n) is 6.00. The van der Waals surface area contributed by atoms with Crippen molar-refractivity contribution in [2.75, 3.05) is 27.2 Å². The molecule has 128 valence electrons. The first kappa shape index (κ1) is 18.0. The Bertz CT molecular complexity index is 616. The lowest BCUT2D eigenvalue weighted by molar-refractivity contribution is -0.135. The molecule has 1 unspecified atom stereocenters. The Labute approximate surface area is 144 Å². The van der Waals surface area contributed by atoms with E-state index in [1.807, 2.05) is 86.6 Å². The fraction of sp³-hybridized carbons (Fsp3) is 0.350. The van der Waals surface area contributed by atoms with Gasteiger partial charge in [-0.3, -0.25) is 9.69 Å². The van der Waals surface area contributed by atoms with E-state index in [4.69, 9.17) is 4.74 Å². The Morgan fingerprint density at radius 3 is 2.21 bits per heavy atom. The predicted octanol–water partition coefficient (Wildman–Crippen LogP) is 3.04. The highest BCUT2D eigenvalue weighted by atomic mass is 16.5. The number of likely N-dealkylation sites (N-methyl/N-ethyl adjacent to an activating group) is 2. The van der Waals surface area contributed by atoms with Crippen molar-refractivity contribution in [1.29, 1.82) is 0 Å². The number of carbonyl (C=O) groups excluding carboxylic acids is 1. The highest BCUT2D eigenvalue weighted by Gasteiger charge is 2.21. The summed E-state index contributed by atoms with van der Waals surface area (Å²) in [7, 11) is 3.80. The van der Waals surface area contributed by atoms with Crippen LogP contribution in [0.25, 0.3) is 0 Å². The van der Waals surface area contributed by atoms with Gasteiger partial charge in [0, 0.05) is 20.1 Å². The Morgan fingerprint density at radius 1 is 1.00 bits per heavy atom. The molecule has 0 saturated carbocycles. The van der Waals surface area contributed by atoms with Crippen LogP contribution in [0.4, 0.5) is 0 Å². The van der Waals surface area contributed by atoms with Crippen molar-refractivity contribution in [3.63, 3.8) is 0 Å². The van der Waals surface area contributed by atoms with Crippen molar-refractivity contribution in [2.24, 2.45) is 0 Å². The fourth-order valence-corrected chi connectivity index (χ4v) is 2.46. The van der Waals surface area contributed by atoms with Gasteiger partial charge in [-0.25, -0.2) is 0 Å². The summed E-state index contributed by atoms with van der Waals surface area (Å²) in [6.07, 6.45) is 0. The summed E-state index contributed by atoms with van der Waals surface area (Å²) in [6, 6.07) is 19.6. The summed E-state index contributed by atoms with van der Waals surface area (Å²) in [5, 5.41) is 0. The van der Waals surface area contributed by atoms with E-state index < -0.39 is 0 Å². The third-order valence-corrected chi connectivity index (χ3v) is 4.11. The molecule has 2 aromatic carbocycles. The van der Waals surface area contributed by atoms with Crippen LogP contribution in [0.1, 0.15) is 12.5 Å². The molecule has 0 aliphatic carbocycles. The van der Waals surface area contributed by atoms with Crippen LogP contribution in [-0.2, 0) is 11.3 Å². The van der Waals surface area contributed by atoms with Crippen LogP contribution in [0.15, 0.2) is 60.7 Å². The van der Waals surface area contributed by atoms with Crippen molar-refractivity contribution in [3.05, 3.63) is 66.2 Å². The zero-order valence-electron chi connectivity index (χ0n) is 14.7. The Morgan fingerprint density at radius 2 is 1.58 bits per heavy atom. The number of carbonyl (C=O) groups is 1. The van der Waals surface area contributed by atoms with Gasteiger partial charge in [0.05, 0.1) is 6.04 Å². The van der Waals surface area contributed by atoms with Crippen LogP contribution < -0.4 is 4.74 Å². The summed E-state index contributed by atoms with van der Waals surface area (Å²) in [4.78, 5) is 16.4. The van der Waals surface area contributed by atoms with E-state index >= 15 is 0 Å². The molecule has 1 amide bonds. The van der Waals surface area contributed by atoms with Gasteiger partial charge < -0.3 is 9.64 Å². The maximum Gasteiger partial charge on any atom is 0.239 e. The summed E-state index contributed by atoms with van der Waals surface area (Å²) in [5.41, 5.74) is 1.13. The summed E-state index contributed by atoms with van der Waals surface area (Å²) >= 11 is 0. The number of benzene rings is 2. The molecule has 4 heteroatoms. The quantitative estimate of drug-likeness (QED) is 0.747. The first-order chi connectivity index (χ1) is 11.6. The molecule has 0 radical (unpaired) electrons. The SMILES string of the molecule is CC(C(=O)N(C)Cc1ccccc1)N(C)CCOc1ccccc1. The maximum absolute atomic E-state index is 12.6. The molecule has 0 saturated heterocycles. The van der Waals surface area contributed by atoms with Gasteiger partial charge in [0.25, 0.3) is 0 Å². The number of rotatable bonds is 8. The average molecular weight is 326 g/mol. The van der Waals surface area contributed by atoms with E-state index in [9.17, 15) is 4.79 Å². The van der Waals surface area contributed by atoms with Gasteiger partial charge in [-0.2, -0.15) is 0 Å². The van der Waals surface area contributed by atoms with Crippen LogP contribution in [0.2, 0.25) is 0 Å². The molecule has 0 N–H and O–H groups in total. The van der Waals surface area contributed by atoms with Crippen LogP contribution >= 0.6 is 0 Å². The molecule has 0 bridgehead atoms. The van der Waals surface area contributed by atoms with E-state index in [0.717, 1.165) is 11.3 Å². The fourth-order valence-electron chi connectivity index (χ4n) is 2.46. The Balaban J connectivity index is 1.78. The molecule has 0 spiro atoms. The summed E-state index contributed by atoms with van der Waals surface area (Å²) in [6.45, 7) is 3.81. The zero-order valence-corrected chi connectivity index (χ0v) is 14.7. The monoisotopic (exact) mass is 326 g/mol. The van der Waals surface area contributed by atoms with Crippen molar-refractivity contribution in [3.8, 4) is 5.75 Å². The van der Waals surface area contributed by atoms with Crippen molar-refractivity contribution < 1.29 is 9.53 Å². The number of nitrogens with zero attached hydrogens (tertiary/aromatic N) is 2. The highest BCUT2D eigenvalue weighted by Crippen LogP contribution is 2.09. The molecular formula is C20H26N2O2. The van der Waals surface area contributed by atoms with Gasteiger partial charge >= 0.3 is 0 Å². The summed E-state index contributed by atoms with van der Waals surface area (Å²) in [5.74, 6) is 0.965. The first-order valence-corrected chi connectivity index (χ1v) is 8.25. The van der Waals surface area contributed by atoms with Gasteiger partial charge in [0.15, 0.2) is 0 Å². The lowest BCUT2D eigenvalue weighted by atomic mass is 10.2. The number of para-hydroxylation sites is 1. The van der Waals surface area contributed by atoms with Gasteiger partial charge in [-0.05, 0) is 31.7 Å². The van der Waals surface area contributed by atoms with Crippen LogP contribution in [0.3, 0.4) is 0 Å². The minimum atomic E-state index is -0.182. The van der Waals surface area contributed by atoms with Crippen LogP contribution in [-0.4, -0.2) is 49.0 Å². The number of amides is 1. The molecule has 0 heterocycles. The molecule has 24 heavy (non-hydrogen) atoms. The minimum absolute atomic E-state index is 0.112. The van der Waals surface area contributed by atoms with Gasteiger partial charge in [-0.15, -0.1) is 0 Å². The smallest absolute Gasteiger partial charge is 0.239 e. The number of ether oxygens (including phenoxy) is 1. The third kappa shape index (κ3) is 5.39. The Hall–Kier alpha value is -2.33. The normalized spacial score (nSPS) is 12.0. The highest BCUT2D eigenvalue weighted by molar-refractivity contribution is 5.81. The lowest BCUT2D eigenvalue weighted by Crippen LogP contribution is -2.45.